The molecule has 0 saturated heterocycles. The van der Waals surface area contributed by atoms with E-state index in [1.807, 2.05) is 0 Å². The smallest absolute Gasteiger partial charge is 0.0173 e. The van der Waals surface area contributed by atoms with Crippen molar-refractivity contribution in [2.75, 3.05) is 0 Å². The highest BCUT2D eigenvalue weighted by atomic mass is 14.2. The molecule has 0 radical (unpaired) electrons. The summed E-state index contributed by atoms with van der Waals surface area (Å²) in [5, 5.41) is 0. The largest absolute Gasteiger partial charge is 0.0778 e. The second-order valence-electron chi connectivity index (χ2n) is 5.88. The maximum Gasteiger partial charge on any atom is -0.0173 e. The quantitative estimate of drug-likeness (QED) is 0.446. The van der Waals surface area contributed by atoms with Crippen LogP contribution in [0.5, 0.6) is 0 Å². The number of rotatable bonds is 0. The zero-order valence-corrected chi connectivity index (χ0v) is 12.5. The van der Waals surface area contributed by atoms with Crippen molar-refractivity contribution in [3.8, 4) is 0 Å². The highest BCUT2D eigenvalue weighted by Crippen LogP contribution is 2.26. The SMILES string of the molecule is CC(C)=C(C)C.CC(C)=C(C)C(C)(C)C. The molecule has 0 fully saturated rings. The number of allylic oxidation sites excluding steroid dienone is 4. The third-order valence-electron chi connectivity index (χ3n) is 2.88. The first-order valence-electron chi connectivity index (χ1n) is 5.75. The Balaban J connectivity index is 0. The second kappa shape index (κ2) is 6.87. The lowest BCUT2D eigenvalue weighted by Gasteiger charge is -2.20. The summed E-state index contributed by atoms with van der Waals surface area (Å²) in [4.78, 5) is 0. The van der Waals surface area contributed by atoms with E-state index in [0.29, 0.717) is 5.41 Å². The van der Waals surface area contributed by atoms with Crippen molar-refractivity contribution in [3.63, 3.8) is 0 Å². The molecule has 0 atom stereocenters. The summed E-state index contributed by atoms with van der Waals surface area (Å²) in [5.74, 6) is 0. The Morgan fingerprint density at radius 2 is 0.800 bits per heavy atom. The van der Waals surface area contributed by atoms with Crippen LogP contribution in [0.4, 0.5) is 0 Å². The van der Waals surface area contributed by atoms with Crippen LogP contribution in [0.25, 0.3) is 0 Å². The molecule has 0 spiro atoms. The molecule has 0 nitrogen and oxygen atoms in total. The van der Waals surface area contributed by atoms with Crippen molar-refractivity contribution in [3.05, 3.63) is 22.3 Å². The maximum absolute atomic E-state index is 2.25. The lowest BCUT2D eigenvalue weighted by Crippen LogP contribution is -2.07. The molecular formula is C15H30. The Hall–Kier alpha value is -0.520. The summed E-state index contributed by atoms with van der Waals surface area (Å²) in [7, 11) is 0. The minimum absolute atomic E-state index is 0.360. The highest BCUT2D eigenvalue weighted by molar-refractivity contribution is 5.13. The molecular weight excluding hydrogens is 180 g/mol. The van der Waals surface area contributed by atoms with Crippen LogP contribution in [0.3, 0.4) is 0 Å². The molecule has 0 N–H and O–H groups in total. The third-order valence-corrected chi connectivity index (χ3v) is 2.88. The topological polar surface area (TPSA) is 0 Å². The van der Waals surface area contributed by atoms with Crippen LogP contribution >= 0.6 is 0 Å². The van der Waals surface area contributed by atoms with Crippen molar-refractivity contribution >= 4 is 0 Å². The van der Waals surface area contributed by atoms with Crippen LogP contribution in [0.1, 0.15) is 69.2 Å². The summed E-state index contributed by atoms with van der Waals surface area (Å²) in [6.07, 6.45) is 0. The van der Waals surface area contributed by atoms with Gasteiger partial charge in [-0.15, -0.1) is 0 Å². The third kappa shape index (κ3) is 9.78. The van der Waals surface area contributed by atoms with E-state index in [4.69, 9.17) is 0 Å². The summed E-state index contributed by atoms with van der Waals surface area (Å²) >= 11 is 0. The first-order valence-corrected chi connectivity index (χ1v) is 5.75. The Morgan fingerprint density at radius 3 is 0.800 bits per heavy atom. The molecule has 0 unspecified atom stereocenters. The number of hydrogen-bond acceptors (Lipinski definition) is 0. The molecule has 0 aromatic rings. The molecule has 0 heterocycles. The Morgan fingerprint density at radius 1 is 0.533 bits per heavy atom. The van der Waals surface area contributed by atoms with Gasteiger partial charge in [0.2, 0.25) is 0 Å². The van der Waals surface area contributed by atoms with E-state index in [1.165, 1.54) is 22.3 Å². The number of hydrogen-bond donors (Lipinski definition) is 0. The molecule has 0 bridgehead atoms. The fourth-order valence-corrected chi connectivity index (χ4v) is 0.750. The van der Waals surface area contributed by atoms with Crippen molar-refractivity contribution in [2.45, 2.75) is 69.2 Å². The molecule has 0 aromatic carbocycles. The Labute approximate surface area is 97.5 Å². The molecule has 0 heteroatoms. The monoisotopic (exact) mass is 210 g/mol. The fourth-order valence-electron chi connectivity index (χ4n) is 0.750. The standard InChI is InChI=1S/C9H18.C6H12/c1-7(2)8(3)9(4,5)6;1-5(2)6(3)4/h1-6H3;1-4H3. The van der Waals surface area contributed by atoms with E-state index >= 15 is 0 Å². The van der Waals surface area contributed by atoms with Crippen LogP contribution in [0.15, 0.2) is 22.3 Å². The average Bonchev–Trinajstić information content (AvgIpc) is 2.02. The Kier molecular flexibility index (Phi) is 7.74. The van der Waals surface area contributed by atoms with Gasteiger partial charge in [0.25, 0.3) is 0 Å². The molecule has 0 aliphatic rings. The van der Waals surface area contributed by atoms with Gasteiger partial charge in [0.05, 0.1) is 0 Å². The molecule has 0 aliphatic heterocycles. The van der Waals surface area contributed by atoms with Crippen molar-refractivity contribution < 1.29 is 0 Å². The summed E-state index contributed by atoms with van der Waals surface area (Å²) in [6.45, 7) is 21.8. The predicted octanol–water partition coefficient (Wildman–Crippen LogP) is 5.75. The van der Waals surface area contributed by atoms with Gasteiger partial charge in [-0.2, -0.15) is 0 Å². The van der Waals surface area contributed by atoms with Gasteiger partial charge in [-0.05, 0) is 53.9 Å². The molecule has 0 rings (SSSR count). The van der Waals surface area contributed by atoms with Gasteiger partial charge >= 0.3 is 0 Å². The van der Waals surface area contributed by atoms with Gasteiger partial charge in [0.1, 0.15) is 0 Å². The zero-order chi connectivity index (χ0) is 12.8. The van der Waals surface area contributed by atoms with E-state index < -0.39 is 0 Å². The normalized spacial score (nSPS) is 10.0. The average molecular weight is 210 g/mol. The van der Waals surface area contributed by atoms with Crippen LogP contribution in [0.2, 0.25) is 0 Å². The molecule has 0 aromatic heterocycles. The highest BCUT2D eigenvalue weighted by Gasteiger charge is 2.12. The zero-order valence-electron chi connectivity index (χ0n) is 12.5. The van der Waals surface area contributed by atoms with Crippen LogP contribution in [0, 0.1) is 5.41 Å². The van der Waals surface area contributed by atoms with Gasteiger partial charge in [-0.25, -0.2) is 0 Å². The van der Waals surface area contributed by atoms with E-state index in [9.17, 15) is 0 Å². The van der Waals surface area contributed by atoms with Crippen LogP contribution < -0.4 is 0 Å². The second-order valence-corrected chi connectivity index (χ2v) is 5.88. The summed E-state index contributed by atoms with van der Waals surface area (Å²) in [6, 6.07) is 0. The molecule has 0 aliphatic carbocycles. The Bertz CT molecular complexity index is 222. The van der Waals surface area contributed by atoms with E-state index in [0.717, 1.165) is 0 Å². The van der Waals surface area contributed by atoms with Crippen molar-refractivity contribution in [2.24, 2.45) is 5.41 Å². The summed E-state index contributed by atoms with van der Waals surface area (Å²) in [5.41, 5.74) is 6.16. The molecule has 90 valence electrons. The first kappa shape index (κ1) is 16.9. The van der Waals surface area contributed by atoms with Gasteiger partial charge in [0, 0.05) is 0 Å². The predicted molar refractivity (Wildman–Crippen MR) is 73.2 cm³/mol. The molecule has 0 amide bonds. The molecule has 15 heavy (non-hydrogen) atoms. The maximum atomic E-state index is 2.25. The van der Waals surface area contributed by atoms with Gasteiger partial charge in [-0.1, -0.05) is 43.1 Å². The van der Waals surface area contributed by atoms with E-state index in [-0.39, 0.29) is 0 Å². The molecule has 0 saturated carbocycles. The lowest BCUT2D eigenvalue weighted by atomic mass is 9.85. The van der Waals surface area contributed by atoms with Crippen molar-refractivity contribution in [1.82, 2.24) is 0 Å². The van der Waals surface area contributed by atoms with Crippen LogP contribution in [-0.4, -0.2) is 0 Å². The lowest BCUT2D eigenvalue weighted by molar-refractivity contribution is 0.498. The minimum atomic E-state index is 0.360. The van der Waals surface area contributed by atoms with Gasteiger partial charge in [-0.3, -0.25) is 0 Å². The van der Waals surface area contributed by atoms with E-state index in [2.05, 4.69) is 69.2 Å². The van der Waals surface area contributed by atoms with Gasteiger partial charge < -0.3 is 0 Å². The minimum Gasteiger partial charge on any atom is -0.0778 e. The van der Waals surface area contributed by atoms with Crippen LogP contribution in [-0.2, 0) is 0 Å². The fraction of sp³-hybridized carbons (Fsp3) is 0.733. The van der Waals surface area contributed by atoms with E-state index in [1.54, 1.807) is 0 Å². The first-order chi connectivity index (χ1) is 6.50. The van der Waals surface area contributed by atoms with Crippen molar-refractivity contribution in [1.29, 1.82) is 0 Å². The summed E-state index contributed by atoms with van der Waals surface area (Å²) < 4.78 is 0. The van der Waals surface area contributed by atoms with Gasteiger partial charge in [0.15, 0.2) is 0 Å².